The monoisotopic (exact) mass is 520 g/mol. The maximum atomic E-state index is 13.5. The number of aromatic nitrogens is 1. The minimum atomic E-state index is -1.41. The van der Waals surface area contributed by atoms with Gasteiger partial charge in [-0.05, 0) is 58.1 Å². The van der Waals surface area contributed by atoms with E-state index in [1.165, 1.54) is 38.5 Å². The Hall–Kier alpha value is -1.80. The van der Waals surface area contributed by atoms with E-state index < -0.39 is 35.1 Å². The molecule has 3 rings (SSSR count). The number of alkyl carbamates (subject to hydrolysis) is 1. The first kappa shape index (κ1) is 28.8. The third kappa shape index (κ3) is 8.10. The van der Waals surface area contributed by atoms with Crippen molar-refractivity contribution >= 4 is 23.8 Å². The zero-order valence-electron chi connectivity index (χ0n) is 23.0. The van der Waals surface area contributed by atoms with Crippen LogP contribution >= 0.6 is 11.8 Å². The van der Waals surface area contributed by atoms with Crippen LogP contribution in [0.2, 0.25) is 0 Å². The Kier molecular flexibility index (Phi) is 9.36. The Labute approximate surface area is 220 Å². The van der Waals surface area contributed by atoms with Gasteiger partial charge >= 0.3 is 12.1 Å². The fourth-order valence-electron chi connectivity index (χ4n) is 4.99. The zero-order valence-corrected chi connectivity index (χ0v) is 23.8. The molecule has 1 aromatic heterocycles. The first-order valence-electron chi connectivity index (χ1n) is 13.3. The van der Waals surface area contributed by atoms with E-state index in [-0.39, 0.29) is 12.3 Å². The molecule has 1 saturated carbocycles. The van der Waals surface area contributed by atoms with Crippen LogP contribution in [0.1, 0.15) is 99.1 Å². The summed E-state index contributed by atoms with van der Waals surface area (Å²) in [5, 5.41) is 3.55. The number of carbonyl (C=O) groups is 2. The van der Waals surface area contributed by atoms with Gasteiger partial charge in [-0.15, -0.1) is 11.8 Å². The summed E-state index contributed by atoms with van der Waals surface area (Å²) in [4.78, 5) is 32.0. The summed E-state index contributed by atoms with van der Waals surface area (Å²) >= 11 is 1.90. The van der Waals surface area contributed by atoms with E-state index in [0.29, 0.717) is 11.7 Å². The van der Waals surface area contributed by atoms with Crippen LogP contribution in [-0.2, 0) is 25.4 Å². The molecule has 1 N–H and O–H groups in total. The molecular formula is C28H44N2O5S. The highest BCUT2D eigenvalue weighted by Gasteiger charge is 2.59. The molecule has 2 heterocycles. The lowest BCUT2D eigenvalue weighted by molar-refractivity contribution is -0.170. The minimum absolute atomic E-state index is 0.187. The van der Waals surface area contributed by atoms with E-state index >= 15 is 0 Å². The van der Waals surface area contributed by atoms with Gasteiger partial charge in [0.1, 0.15) is 5.60 Å². The van der Waals surface area contributed by atoms with Crippen LogP contribution in [0.15, 0.2) is 23.2 Å². The van der Waals surface area contributed by atoms with Crippen molar-refractivity contribution in [2.75, 3.05) is 0 Å². The maximum absolute atomic E-state index is 13.5. The Morgan fingerprint density at radius 1 is 1.22 bits per heavy atom. The molecule has 0 unspecified atom stereocenters. The number of thioether (sulfide) groups is 1. The van der Waals surface area contributed by atoms with E-state index in [4.69, 9.17) is 14.2 Å². The Bertz CT molecular complexity index is 905. The highest BCUT2D eigenvalue weighted by Crippen LogP contribution is 2.40. The van der Waals surface area contributed by atoms with Gasteiger partial charge in [0.25, 0.3) is 0 Å². The lowest BCUT2D eigenvalue weighted by Crippen LogP contribution is -2.59. The van der Waals surface area contributed by atoms with Crippen LogP contribution in [0.5, 0.6) is 0 Å². The van der Waals surface area contributed by atoms with E-state index in [9.17, 15) is 9.59 Å². The second-order valence-electron chi connectivity index (χ2n) is 12.0. The number of hydrogen-bond donors (Lipinski definition) is 1. The standard InChI is InChI=1S/C28H44N2O5S/c1-19(2)16-23(30-25(32)34-26(3,4)5)28(24(31)33-27(6,7)35-28)18-20-17-22(14-15-29-20)36-21-12-10-8-9-11-13-21/h14-15,17,19,21,23H,8-13,16,18H2,1-7H3,(H,30,32)/t23-,28+/m0/s1. The van der Waals surface area contributed by atoms with Crippen molar-refractivity contribution in [2.45, 2.75) is 133 Å². The maximum Gasteiger partial charge on any atom is 0.407 e. The first-order valence-corrected chi connectivity index (χ1v) is 14.2. The molecule has 1 aliphatic carbocycles. The SMILES string of the molecule is CC(C)C[C@H](NC(=O)OC(C)(C)C)[C@@]1(Cc2cc(SC3CCCCCC3)ccn2)OC(C)(C)OC1=O. The molecule has 1 saturated heterocycles. The van der Waals surface area contributed by atoms with Gasteiger partial charge < -0.3 is 19.5 Å². The van der Waals surface area contributed by atoms with Gasteiger partial charge in [0.05, 0.1) is 6.04 Å². The first-order chi connectivity index (χ1) is 16.8. The number of cyclic esters (lactones) is 1. The van der Waals surface area contributed by atoms with Crippen LogP contribution in [0, 0.1) is 5.92 Å². The highest BCUT2D eigenvalue weighted by atomic mass is 32.2. The van der Waals surface area contributed by atoms with E-state index in [1.807, 2.05) is 52.4 Å². The van der Waals surface area contributed by atoms with Gasteiger partial charge in [-0.25, -0.2) is 9.59 Å². The number of nitrogens with zero attached hydrogens (tertiary/aromatic N) is 1. The molecule has 2 aliphatic rings. The number of ether oxygens (including phenoxy) is 3. The lowest BCUT2D eigenvalue weighted by Gasteiger charge is -2.36. The predicted molar refractivity (Wildman–Crippen MR) is 142 cm³/mol. The number of hydrogen-bond acceptors (Lipinski definition) is 7. The third-order valence-electron chi connectivity index (χ3n) is 6.41. The summed E-state index contributed by atoms with van der Waals surface area (Å²) in [7, 11) is 0. The molecule has 1 aliphatic heterocycles. The van der Waals surface area contributed by atoms with Crippen molar-refractivity contribution in [1.29, 1.82) is 0 Å². The smallest absolute Gasteiger partial charge is 0.407 e. The predicted octanol–water partition coefficient (Wildman–Crippen LogP) is 6.43. The summed E-state index contributed by atoms with van der Waals surface area (Å²) in [5.41, 5.74) is -1.34. The number of pyridine rings is 1. The molecule has 202 valence electrons. The lowest BCUT2D eigenvalue weighted by atomic mass is 9.84. The summed E-state index contributed by atoms with van der Waals surface area (Å²) in [5.74, 6) is -1.42. The fraction of sp³-hybridized carbons (Fsp3) is 0.750. The molecule has 7 nitrogen and oxygen atoms in total. The van der Waals surface area contributed by atoms with Crippen molar-refractivity contribution in [3.63, 3.8) is 0 Å². The van der Waals surface area contributed by atoms with Crippen LogP contribution in [0.3, 0.4) is 0 Å². The summed E-state index contributed by atoms with van der Waals surface area (Å²) in [6.45, 7) is 13.0. The normalized spacial score (nSPS) is 23.7. The molecule has 0 spiro atoms. The Morgan fingerprint density at radius 2 is 1.89 bits per heavy atom. The molecule has 8 heteroatoms. The van der Waals surface area contributed by atoms with Crippen molar-refractivity contribution < 1.29 is 23.8 Å². The van der Waals surface area contributed by atoms with Gasteiger partial charge in [0.2, 0.25) is 5.79 Å². The van der Waals surface area contributed by atoms with Gasteiger partial charge in [0.15, 0.2) is 5.60 Å². The Balaban J connectivity index is 1.89. The second kappa shape index (κ2) is 11.7. The summed E-state index contributed by atoms with van der Waals surface area (Å²) < 4.78 is 17.6. The molecule has 0 bridgehead atoms. The van der Waals surface area contributed by atoms with Crippen LogP contribution in [0.25, 0.3) is 0 Å². The van der Waals surface area contributed by atoms with Gasteiger partial charge in [-0.2, -0.15) is 0 Å². The third-order valence-corrected chi connectivity index (χ3v) is 7.74. The molecule has 1 aromatic rings. The van der Waals surface area contributed by atoms with Crippen molar-refractivity contribution in [2.24, 2.45) is 5.92 Å². The Morgan fingerprint density at radius 3 is 2.44 bits per heavy atom. The van der Waals surface area contributed by atoms with Crippen LogP contribution < -0.4 is 5.32 Å². The average molecular weight is 521 g/mol. The number of esters is 1. The van der Waals surface area contributed by atoms with Gasteiger partial charge in [-0.3, -0.25) is 4.98 Å². The number of rotatable bonds is 8. The molecule has 0 radical (unpaired) electrons. The van der Waals surface area contributed by atoms with Crippen molar-refractivity contribution in [3.05, 3.63) is 24.0 Å². The molecule has 2 atom stereocenters. The van der Waals surface area contributed by atoms with E-state index in [2.05, 4.69) is 16.4 Å². The highest BCUT2D eigenvalue weighted by molar-refractivity contribution is 8.00. The number of amides is 1. The van der Waals surface area contributed by atoms with Crippen molar-refractivity contribution in [1.82, 2.24) is 10.3 Å². The average Bonchev–Trinajstić information content (AvgIpc) is 2.87. The largest absolute Gasteiger partial charge is 0.444 e. The topological polar surface area (TPSA) is 86.8 Å². The minimum Gasteiger partial charge on any atom is -0.444 e. The molecular weight excluding hydrogens is 476 g/mol. The van der Waals surface area contributed by atoms with Gasteiger partial charge in [-0.1, -0.05) is 39.5 Å². The van der Waals surface area contributed by atoms with Crippen LogP contribution in [0.4, 0.5) is 4.79 Å². The van der Waals surface area contributed by atoms with Gasteiger partial charge in [0, 0.05) is 42.3 Å². The summed E-state index contributed by atoms with van der Waals surface area (Å²) in [6.07, 6.45) is 9.57. The summed E-state index contributed by atoms with van der Waals surface area (Å²) in [6, 6.07) is 3.44. The quantitative estimate of drug-likeness (QED) is 0.312. The molecule has 2 fully saturated rings. The molecule has 36 heavy (non-hydrogen) atoms. The molecule has 1 amide bonds. The van der Waals surface area contributed by atoms with E-state index in [0.717, 1.165) is 10.6 Å². The van der Waals surface area contributed by atoms with Crippen LogP contribution in [-0.4, -0.2) is 45.3 Å². The number of carbonyl (C=O) groups excluding carboxylic acids is 2. The molecule has 0 aromatic carbocycles. The fourth-order valence-corrected chi connectivity index (χ4v) is 6.29. The van der Waals surface area contributed by atoms with Crippen molar-refractivity contribution in [3.8, 4) is 0 Å². The second-order valence-corrected chi connectivity index (χ2v) is 13.4. The zero-order chi connectivity index (χ0) is 26.6. The van der Waals surface area contributed by atoms with E-state index in [1.54, 1.807) is 20.0 Å². The number of nitrogens with one attached hydrogen (secondary N) is 1.